The van der Waals surface area contributed by atoms with Crippen molar-refractivity contribution in [3.63, 3.8) is 0 Å². The Morgan fingerprint density at radius 3 is 1.32 bits per heavy atom. The van der Waals surface area contributed by atoms with Gasteiger partial charge in [-0.25, -0.2) is 0 Å². The van der Waals surface area contributed by atoms with Crippen LogP contribution in [0.2, 0.25) is 0 Å². The van der Waals surface area contributed by atoms with E-state index in [1.807, 2.05) is 13.8 Å². The second-order valence-electron chi connectivity index (χ2n) is 5.99. The molecule has 9 nitrogen and oxygen atoms in total. The van der Waals surface area contributed by atoms with Gasteiger partial charge >= 0.3 is 29.3 Å². The van der Waals surface area contributed by atoms with E-state index in [1.54, 1.807) is 0 Å². The van der Waals surface area contributed by atoms with E-state index in [2.05, 4.69) is 0 Å². The summed E-state index contributed by atoms with van der Waals surface area (Å²) in [5.74, 6) is -0.553. The van der Waals surface area contributed by atoms with Gasteiger partial charge in [-0.3, -0.25) is 19.2 Å². The Labute approximate surface area is 173 Å². The molecule has 0 aliphatic carbocycles. The van der Waals surface area contributed by atoms with Crippen molar-refractivity contribution >= 4 is 23.1 Å². The molecule has 0 unspecified atom stereocenters. The molecule has 0 aromatic heterocycles. The standard InChI is InChI=1S/C13H24O4.C5H8O2.2H2O.O.Ti/c1-4-6-8-16-13(17-9-7-5-2)12(15)10-11(3)14;1-4(6)3-5(2)7;;;;/h13H,4-10H2,1-3H3;3H2,1-2H3;2*1H2;;/q;;;;;+2/p-2. The van der Waals surface area contributed by atoms with Gasteiger partial charge in [-0.1, -0.05) is 26.7 Å². The summed E-state index contributed by atoms with van der Waals surface area (Å²) in [6.45, 7) is 9.30. The van der Waals surface area contributed by atoms with Gasteiger partial charge in [0.1, 0.15) is 17.3 Å². The van der Waals surface area contributed by atoms with Crippen LogP contribution in [0.5, 0.6) is 0 Å². The number of carbonyl (C=O) groups is 4. The predicted octanol–water partition coefficient (Wildman–Crippen LogP) is 1.81. The van der Waals surface area contributed by atoms with Gasteiger partial charge < -0.3 is 9.47 Å². The Kier molecular flexibility index (Phi) is 25.3. The molecule has 0 radical (unpaired) electrons. The van der Waals surface area contributed by atoms with Gasteiger partial charge in [0.15, 0.2) is 5.78 Å². The van der Waals surface area contributed by atoms with E-state index < -0.39 is 24.9 Å². The first kappa shape index (κ1) is 31.7. The fraction of sp³-hybridized carbons (Fsp3) is 0.778. The monoisotopic (exact) mass is 442 g/mol. The summed E-state index contributed by atoms with van der Waals surface area (Å²) in [7, 11) is 0. The minimum absolute atomic E-state index is 0.0625. The zero-order chi connectivity index (χ0) is 22.5. The number of ketones is 4. The molecule has 0 amide bonds. The first-order chi connectivity index (χ1) is 13.0. The molecule has 10 heteroatoms. The van der Waals surface area contributed by atoms with Gasteiger partial charge in [-0.15, -0.1) is 0 Å². The van der Waals surface area contributed by atoms with Gasteiger partial charge in [0, 0.05) is 0 Å². The summed E-state index contributed by atoms with van der Waals surface area (Å²) >= 11 is -3.58. The predicted molar refractivity (Wildman–Crippen MR) is 96.9 cm³/mol. The second-order valence-corrected chi connectivity index (χ2v) is 6.87. The summed E-state index contributed by atoms with van der Waals surface area (Å²) < 4.78 is 34.0. The van der Waals surface area contributed by atoms with Crippen molar-refractivity contribution in [1.82, 2.24) is 0 Å². The Hall–Kier alpha value is -0.966. The number of unbranched alkanes of at least 4 members (excludes halogenated alkanes) is 2. The molecular formula is C18H34O9Ti. The Bertz CT molecular complexity index is 452. The van der Waals surface area contributed by atoms with E-state index in [9.17, 15) is 19.2 Å². The Morgan fingerprint density at radius 1 is 0.786 bits per heavy atom. The summed E-state index contributed by atoms with van der Waals surface area (Å²) in [4.78, 5) is 42.6. The first-order valence-corrected chi connectivity index (χ1v) is 11.2. The summed E-state index contributed by atoms with van der Waals surface area (Å²) in [6, 6.07) is 0. The molecule has 0 heterocycles. The molecule has 0 spiro atoms. The van der Waals surface area contributed by atoms with Gasteiger partial charge in [0.2, 0.25) is 6.29 Å². The van der Waals surface area contributed by atoms with E-state index in [0.717, 1.165) is 25.7 Å². The van der Waals surface area contributed by atoms with Crippen LogP contribution in [0.25, 0.3) is 0 Å². The Morgan fingerprint density at radius 2 is 1.11 bits per heavy atom. The number of carbonyl (C=O) groups excluding carboxylic acids is 4. The fourth-order valence-electron chi connectivity index (χ4n) is 1.58. The molecule has 0 fully saturated rings. The van der Waals surface area contributed by atoms with E-state index in [4.69, 9.17) is 20.2 Å². The van der Waals surface area contributed by atoms with Crippen molar-refractivity contribution in [2.75, 3.05) is 13.2 Å². The van der Waals surface area contributed by atoms with Crippen LogP contribution >= 0.6 is 0 Å². The molecule has 0 rings (SSSR count). The summed E-state index contributed by atoms with van der Waals surface area (Å²) in [5.41, 5.74) is 0. The summed E-state index contributed by atoms with van der Waals surface area (Å²) in [6.07, 6.45) is 2.90. The van der Waals surface area contributed by atoms with Gasteiger partial charge in [-0.2, -0.15) is 0 Å². The van der Waals surface area contributed by atoms with Crippen molar-refractivity contribution in [3.05, 3.63) is 0 Å². The molecule has 2 N–H and O–H groups in total. The number of ether oxygens (including phenoxy) is 2. The zero-order valence-electron chi connectivity index (χ0n) is 17.5. The molecule has 0 aromatic rings. The third-order valence-electron chi connectivity index (χ3n) is 2.72. The quantitative estimate of drug-likeness (QED) is 0.189. The molecule has 0 bridgehead atoms. The van der Waals surface area contributed by atoms with Crippen molar-refractivity contribution in [2.45, 2.75) is 79.4 Å². The van der Waals surface area contributed by atoms with Crippen molar-refractivity contribution in [1.29, 1.82) is 0 Å². The molecule has 0 saturated carbocycles. The number of hydrogen-bond acceptors (Lipinski definition) is 7. The number of Topliss-reactive ketones (excluding diaryl/α,β-unsaturated/α-hetero) is 4. The molecule has 28 heavy (non-hydrogen) atoms. The van der Waals surface area contributed by atoms with Crippen molar-refractivity contribution in [3.8, 4) is 0 Å². The van der Waals surface area contributed by atoms with Crippen LogP contribution in [0.4, 0.5) is 0 Å². The van der Waals surface area contributed by atoms with Crippen molar-refractivity contribution < 1.29 is 58.0 Å². The zero-order valence-corrected chi connectivity index (χ0v) is 19.0. The molecule has 0 atom stereocenters. The van der Waals surface area contributed by atoms with Crippen LogP contribution in [0.1, 0.15) is 73.1 Å². The Balaban J connectivity index is -0.000000466. The summed E-state index contributed by atoms with van der Waals surface area (Å²) in [5, 5.41) is 0. The van der Waals surface area contributed by atoms with Crippen LogP contribution in [0.15, 0.2) is 0 Å². The first-order valence-electron chi connectivity index (χ1n) is 9.13. The maximum atomic E-state index is 11.7. The number of hydrogen-bond donors (Lipinski definition) is 2. The van der Waals surface area contributed by atoms with E-state index in [1.165, 1.54) is 20.8 Å². The molecule has 0 aliphatic rings. The van der Waals surface area contributed by atoms with Crippen molar-refractivity contribution in [2.24, 2.45) is 0 Å². The average Bonchev–Trinajstić information content (AvgIpc) is 2.51. The van der Waals surface area contributed by atoms with Crippen LogP contribution < -0.4 is 0 Å². The van der Waals surface area contributed by atoms with Gasteiger partial charge in [0.05, 0.1) is 26.1 Å². The third kappa shape index (κ3) is 32.7. The van der Waals surface area contributed by atoms with Crippen LogP contribution in [0, 0.1) is 0 Å². The van der Waals surface area contributed by atoms with Crippen LogP contribution in [0.3, 0.4) is 0 Å². The van der Waals surface area contributed by atoms with Gasteiger partial charge in [-0.05, 0) is 33.6 Å². The fourth-order valence-corrected chi connectivity index (χ4v) is 1.58. The molecule has 0 saturated heterocycles. The van der Waals surface area contributed by atoms with E-state index in [-0.39, 0.29) is 36.0 Å². The second kappa shape index (κ2) is 22.3. The molecule has 0 aromatic carbocycles. The third-order valence-corrected chi connectivity index (χ3v) is 2.72. The normalized spacial score (nSPS) is 9.57. The maximum absolute atomic E-state index is 11.7. The van der Waals surface area contributed by atoms with Gasteiger partial charge in [0.25, 0.3) is 0 Å². The topological polar surface area (TPSA) is 144 Å². The average molecular weight is 442 g/mol. The number of rotatable bonds is 13. The SMILES string of the molecule is CC(=O)CC(C)=O.CCCCOC(OCCCC)C(=O)CC(C)=O.[O]=[Ti]([OH])[OH]. The minimum atomic E-state index is -3.58. The molecule has 164 valence electrons. The molecule has 0 aliphatic heterocycles. The molecular weight excluding hydrogens is 408 g/mol. The van der Waals surface area contributed by atoms with E-state index >= 15 is 0 Å². The van der Waals surface area contributed by atoms with E-state index in [0.29, 0.717) is 13.2 Å². The van der Waals surface area contributed by atoms with Crippen LogP contribution in [-0.2, 0) is 50.6 Å². The van der Waals surface area contributed by atoms with Crippen LogP contribution in [-0.4, -0.2) is 50.0 Å².